The summed E-state index contributed by atoms with van der Waals surface area (Å²) in [7, 11) is -3.39. The maximum Gasteiger partial charge on any atom is 0.501 e. The van der Waals surface area contributed by atoms with Crippen LogP contribution in [-0.2, 0) is 9.84 Å². The minimum absolute atomic E-state index is 0.131. The summed E-state index contributed by atoms with van der Waals surface area (Å²) >= 11 is 0. The van der Waals surface area contributed by atoms with Crippen LogP contribution in [-0.4, -0.2) is 51.5 Å². The van der Waals surface area contributed by atoms with E-state index in [1.54, 1.807) is 11.0 Å². The van der Waals surface area contributed by atoms with Crippen LogP contribution < -0.4 is 4.90 Å². The van der Waals surface area contributed by atoms with E-state index in [0.717, 1.165) is 19.0 Å². The molecule has 1 atom stereocenters. The summed E-state index contributed by atoms with van der Waals surface area (Å²) in [6, 6.07) is 5.55. The summed E-state index contributed by atoms with van der Waals surface area (Å²) in [6.45, 7) is 3.90. The van der Waals surface area contributed by atoms with Crippen LogP contribution in [0.1, 0.15) is 13.3 Å². The summed E-state index contributed by atoms with van der Waals surface area (Å²) in [5, 5.41) is 0. The zero-order chi connectivity index (χ0) is 16.5. The summed E-state index contributed by atoms with van der Waals surface area (Å²) in [6.07, 6.45) is 0.796. The number of para-hydroxylation sites is 1. The molecule has 8 heteroatoms. The molecule has 1 heterocycles. The molecule has 1 aliphatic heterocycles. The SMILES string of the molecule is CCN(C)C1CCN(c2ccccc2S(=O)(=O)C(F)(F)F)C1. The number of nitrogens with zero attached hydrogens (tertiary/aromatic N) is 2. The summed E-state index contributed by atoms with van der Waals surface area (Å²) in [4.78, 5) is 3.17. The number of likely N-dealkylation sites (N-methyl/N-ethyl adjacent to an activating group) is 1. The number of sulfone groups is 1. The van der Waals surface area contributed by atoms with E-state index in [0.29, 0.717) is 13.1 Å². The second-order valence-corrected chi connectivity index (χ2v) is 7.29. The van der Waals surface area contributed by atoms with Gasteiger partial charge < -0.3 is 9.80 Å². The predicted molar refractivity (Wildman–Crippen MR) is 78.6 cm³/mol. The van der Waals surface area contributed by atoms with Gasteiger partial charge in [0.25, 0.3) is 9.84 Å². The molecule has 0 radical (unpaired) electrons. The molecule has 4 nitrogen and oxygen atoms in total. The zero-order valence-corrected chi connectivity index (χ0v) is 13.3. The van der Waals surface area contributed by atoms with Gasteiger partial charge in [0, 0.05) is 19.1 Å². The fourth-order valence-corrected chi connectivity index (χ4v) is 3.63. The predicted octanol–water partition coefficient (Wildman–Crippen LogP) is 2.51. The Labute approximate surface area is 128 Å². The van der Waals surface area contributed by atoms with Gasteiger partial charge >= 0.3 is 5.51 Å². The van der Waals surface area contributed by atoms with Gasteiger partial charge in [-0.2, -0.15) is 13.2 Å². The van der Waals surface area contributed by atoms with Crippen molar-refractivity contribution >= 4 is 15.5 Å². The average Bonchev–Trinajstić information content (AvgIpc) is 2.95. The topological polar surface area (TPSA) is 40.6 Å². The Hall–Kier alpha value is -1.28. The molecule has 0 saturated carbocycles. The van der Waals surface area contributed by atoms with Crippen LogP contribution in [0, 0.1) is 0 Å². The lowest BCUT2D eigenvalue weighted by molar-refractivity contribution is -0.0435. The smallest absolute Gasteiger partial charge is 0.369 e. The molecule has 22 heavy (non-hydrogen) atoms. The Morgan fingerprint density at radius 3 is 2.55 bits per heavy atom. The van der Waals surface area contributed by atoms with Crippen molar-refractivity contribution < 1.29 is 21.6 Å². The molecule has 0 aliphatic carbocycles. The van der Waals surface area contributed by atoms with E-state index in [1.807, 2.05) is 14.0 Å². The molecule has 1 aromatic rings. The van der Waals surface area contributed by atoms with Gasteiger partial charge in [0.1, 0.15) is 0 Å². The summed E-state index contributed by atoms with van der Waals surface area (Å²) in [5.74, 6) is 0. The first-order valence-electron chi connectivity index (χ1n) is 7.04. The van der Waals surface area contributed by atoms with Gasteiger partial charge in [-0.1, -0.05) is 19.1 Å². The number of halogens is 3. The van der Waals surface area contributed by atoms with Crippen molar-refractivity contribution in [1.82, 2.24) is 4.90 Å². The molecular formula is C14H19F3N2O2S. The van der Waals surface area contributed by atoms with Gasteiger partial charge in [0.05, 0.1) is 10.6 Å². The molecule has 0 spiro atoms. The normalized spacial score (nSPS) is 19.9. The van der Waals surface area contributed by atoms with E-state index in [4.69, 9.17) is 0 Å². The molecule has 1 fully saturated rings. The van der Waals surface area contributed by atoms with Gasteiger partial charge in [-0.05, 0) is 32.1 Å². The first-order chi connectivity index (χ1) is 10.2. The molecule has 124 valence electrons. The highest BCUT2D eigenvalue weighted by molar-refractivity contribution is 7.92. The Balaban J connectivity index is 2.35. The third-order valence-corrected chi connectivity index (χ3v) is 5.62. The average molecular weight is 336 g/mol. The quantitative estimate of drug-likeness (QED) is 0.847. The van der Waals surface area contributed by atoms with Crippen molar-refractivity contribution in [1.29, 1.82) is 0 Å². The Morgan fingerprint density at radius 1 is 1.32 bits per heavy atom. The van der Waals surface area contributed by atoms with E-state index in [9.17, 15) is 21.6 Å². The fourth-order valence-electron chi connectivity index (χ4n) is 2.65. The molecule has 0 N–H and O–H groups in total. The number of anilines is 1. The molecule has 2 rings (SSSR count). The molecule has 0 amide bonds. The van der Waals surface area contributed by atoms with Crippen molar-refractivity contribution in [3.63, 3.8) is 0 Å². The van der Waals surface area contributed by atoms with Crippen molar-refractivity contribution in [3.8, 4) is 0 Å². The van der Waals surface area contributed by atoms with Crippen LogP contribution in [0.4, 0.5) is 18.9 Å². The molecule has 1 aromatic carbocycles. The second kappa shape index (κ2) is 6.08. The van der Waals surface area contributed by atoms with Crippen molar-refractivity contribution in [3.05, 3.63) is 24.3 Å². The molecule has 0 aromatic heterocycles. The minimum Gasteiger partial charge on any atom is -0.369 e. The first kappa shape index (κ1) is 17.1. The van der Waals surface area contributed by atoms with Crippen LogP contribution in [0.25, 0.3) is 0 Å². The summed E-state index contributed by atoms with van der Waals surface area (Å²) in [5.41, 5.74) is -5.16. The van der Waals surface area contributed by atoms with Crippen LogP contribution >= 0.6 is 0 Å². The molecule has 1 saturated heterocycles. The van der Waals surface area contributed by atoms with Crippen molar-refractivity contribution in [2.24, 2.45) is 0 Å². The number of hydrogen-bond donors (Lipinski definition) is 0. The molecule has 1 unspecified atom stereocenters. The monoisotopic (exact) mass is 336 g/mol. The number of rotatable bonds is 4. The number of alkyl halides is 3. The van der Waals surface area contributed by atoms with E-state index in [2.05, 4.69) is 4.90 Å². The largest absolute Gasteiger partial charge is 0.501 e. The van der Waals surface area contributed by atoms with Gasteiger partial charge in [-0.15, -0.1) is 0 Å². The summed E-state index contributed by atoms with van der Waals surface area (Å²) < 4.78 is 62.0. The van der Waals surface area contributed by atoms with Gasteiger partial charge in [-0.25, -0.2) is 8.42 Å². The van der Waals surface area contributed by atoms with E-state index >= 15 is 0 Å². The van der Waals surface area contributed by atoms with E-state index in [-0.39, 0.29) is 11.7 Å². The highest BCUT2D eigenvalue weighted by atomic mass is 32.2. The molecular weight excluding hydrogens is 317 g/mol. The Morgan fingerprint density at radius 2 is 1.95 bits per heavy atom. The lowest BCUT2D eigenvalue weighted by atomic mass is 10.2. The maximum absolute atomic E-state index is 12.8. The minimum atomic E-state index is -5.34. The van der Waals surface area contributed by atoms with Crippen molar-refractivity contribution in [2.45, 2.75) is 29.8 Å². The number of hydrogen-bond acceptors (Lipinski definition) is 4. The first-order valence-corrected chi connectivity index (χ1v) is 8.52. The zero-order valence-electron chi connectivity index (χ0n) is 12.5. The van der Waals surface area contributed by atoms with Crippen molar-refractivity contribution in [2.75, 3.05) is 31.6 Å². The standard InChI is InChI=1S/C14H19F3N2O2S/c1-3-18(2)11-8-9-19(10-11)12-6-4-5-7-13(12)22(20,21)14(15,16)17/h4-7,11H,3,8-10H2,1-2H3. The Kier molecular flexibility index (Phi) is 4.72. The lowest BCUT2D eigenvalue weighted by Crippen LogP contribution is -2.35. The van der Waals surface area contributed by atoms with Crippen LogP contribution in [0.2, 0.25) is 0 Å². The third-order valence-electron chi connectivity index (χ3n) is 4.09. The highest BCUT2D eigenvalue weighted by Gasteiger charge is 2.48. The Bertz CT molecular complexity index is 631. The number of benzene rings is 1. The third kappa shape index (κ3) is 3.08. The molecule has 1 aliphatic rings. The van der Waals surface area contributed by atoms with Gasteiger partial charge in [0.2, 0.25) is 0 Å². The van der Waals surface area contributed by atoms with E-state index in [1.165, 1.54) is 12.1 Å². The van der Waals surface area contributed by atoms with Gasteiger partial charge in [-0.3, -0.25) is 0 Å². The van der Waals surface area contributed by atoms with E-state index < -0.39 is 20.2 Å². The van der Waals surface area contributed by atoms with Gasteiger partial charge in [0.15, 0.2) is 0 Å². The maximum atomic E-state index is 12.8. The highest BCUT2D eigenvalue weighted by Crippen LogP contribution is 2.37. The van der Waals surface area contributed by atoms with Crippen LogP contribution in [0.15, 0.2) is 29.2 Å². The van der Waals surface area contributed by atoms with Crippen LogP contribution in [0.3, 0.4) is 0 Å². The van der Waals surface area contributed by atoms with Crippen LogP contribution in [0.5, 0.6) is 0 Å². The lowest BCUT2D eigenvalue weighted by Gasteiger charge is -2.25. The fraction of sp³-hybridized carbons (Fsp3) is 0.571. The second-order valence-electron chi connectivity index (χ2n) is 5.38. The molecule has 0 bridgehead atoms.